The van der Waals surface area contributed by atoms with Crippen LogP contribution in [0.15, 0.2) is 57.9 Å². The van der Waals surface area contributed by atoms with Crippen LogP contribution in [0.5, 0.6) is 0 Å². The molecule has 0 atom stereocenters. The van der Waals surface area contributed by atoms with Gasteiger partial charge in [0.15, 0.2) is 0 Å². The quantitative estimate of drug-likeness (QED) is 0.805. The van der Waals surface area contributed by atoms with Gasteiger partial charge in [0.2, 0.25) is 5.91 Å². The third-order valence-electron chi connectivity index (χ3n) is 3.06. The SMILES string of the molecule is CC(C)C(=O)Nc1ccc(NS(=O)(=O)c2ccccc2Br)cc1. The van der Waals surface area contributed by atoms with Crippen molar-refractivity contribution in [2.24, 2.45) is 5.92 Å². The van der Waals surface area contributed by atoms with Gasteiger partial charge in [0.1, 0.15) is 4.90 Å². The summed E-state index contributed by atoms with van der Waals surface area (Å²) < 4.78 is 27.7. The molecule has 2 aromatic carbocycles. The maximum Gasteiger partial charge on any atom is 0.263 e. The van der Waals surface area contributed by atoms with E-state index in [9.17, 15) is 13.2 Å². The number of hydrogen-bond donors (Lipinski definition) is 2. The lowest BCUT2D eigenvalue weighted by atomic mass is 10.2. The van der Waals surface area contributed by atoms with Crippen LogP contribution in [0, 0.1) is 5.92 Å². The first kappa shape index (κ1) is 17.5. The van der Waals surface area contributed by atoms with E-state index in [4.69, 9.17) is 0 Å². The van der Waals surface area contributed by atoms with Gasteiger partial charge >= 0.3 is 0 Å². The minimum absolute atomic E-state index is 0.0912. The third-order valence-corrected chi connectivity index (χ3v) is 5.45. The van der Waals surface area contributed by atoms with Crippen molar-refractivity contribution in [1.82, 2.24) is 0 Å². The molecule has 0 fully saturated rings. The fourth-order valence-electron chi connectivity index (χ4n) is 1.78. The summed E-state index contributed by atoms with van der Waals surface area (Å²) in [5.74, 6) is -0.213. The second-order valence-corrected chi connectivity index (χ2v) is 7.76. The summed E-state index contributed by atoms with van der Waals surface area (Å²) in [7, 11) is -3.68. The van der Waals surface area contributed by atoms with Crippen molar-refractivity contribution in [1.29, 1.82) is 0 Å². The van der Waals surface area contributed by atoms with Gasteiger partial charge in [0.05, 0.1) is 0 Å². The molecule has 23 heavy (non-hydrogen) atoms. The smallest absolute Gasteiger partial charge is 0.263 e. The topological polar surface area (TPSA) is 75.3 Å². The van der Waals surface area contributed by atoms with Crippen LogP contribution in [0.2, 0.25) is 0 Å². The normalized spacial score (nSPS) is 11.3. The Bertz CT molecular complexity index is 802. The zero-order chi connectivity index (χ0) is 17.0. The zero-order valence-electron chi connectivity index (χ0n) is 12.7. The van der Waals surface area contributed by atoms with Crippen LogP contribution in [0.3, 0.4) is 0 Å². The van der Waals surface area contributed by atoms with E-state index in [0.717, 1.165) is 0 Å². The van der Waals surface area contributed by atoms with E-state index in [2.05, 4.69) is 26.0 Å². The van der Waals surface area contributed by atoms with Crippen LogP contribution in [-0.4, -0.2) is 14.3 Å². The highest BCUT2D eigenvalue weighted by atomic mass is 79.9. The predicted molar refractivity (Wildman–Crippen MR) is 94.9 cm³/mol. The number of carbonyl (C=O) groups excluding carboxylic acids is 1. The van der Waals surface area contributed by atoms with E-state index in [0.29, 0.717) is 15.8 Å². The summed E-state index contributed by atoms with van der Waals surface area (Å²) >= 11 is 3.23. The third kappa shape index (κ3) is 4.56. The molecule has 0 heterocycles. The van der Waals surface area contributed by atoms with Gasteiger partial charge in [0, 0.05) is 21.8 Å². The number of benzene rings is 2. The molecule has 0 aliphatic heterocycles. The standard InChI is InChI=1S/C16H17BrN2O3S/c1-11(2)16(20)18-12-7-9-13(10-8-12)19-23(21,22)15-6-4-3-5-14(15)17/h3-11,19H,1-2H3,(H,18,20). The highest BCUT2D eigenvalue weighted by Gasteiger charge is 2.17. The lowest BCUT2D eigenvalue weighted by Gasteiger charge is -2.11. The molecule has 0 radical (unpaired) electrons. The van der Waals surface area contributed by atoms with Crippen LogP contribution in [0.4, 0.5) is 11.4 Å². The molecular formula is C16H17BrN2O3S. The van der Waals surface area contributed by atoms with Crippen LogP contribution < -0.4 is 10.0 Å². The van der Waals surface area contributed by atoms with E-state index in [1.54, 1.807) is 56.3 Å². The molecule has 0 saturated heterocycles. The number of halogens is 1. The second-order valence-electron chi connectivity index (χ2n) is 5.26. The van der Waals surface area contributed by atoms with Gasteiger partial charge in [-0.15, -0.1) is 0 Å². The molecule has 0 saturated carbocycles. The molecule has 0 aliphatic carbocycles. The molecular weight excluding hydrogens is 380 g/mol. The highest BCUT2D eigenvalue weighted by molar-refractivity contribution is 9.10. The van der Waals surface area contributed by atoms with Gasteiger partial charge in [-0.2, -0.15) is 0 Å². The summed E-state index contributed by atoms with van der Waals surface area (Å²) in [4.78, 5) is 11.8. The Labute approximate surface area is 144 Å². The van der Waals surface area contributed by atoms with Crippen molar-refractivity contribution in [3.63, 3.8) is 0 Å². The first-order chi connectivity index (χ1) is 10.8. The molecule has 0 aromatic heterocycles. The van der Waals surface area contributed by atoms with E-state index in [-0.39, 0.29) is 16.7 Å². The predicted octanol–water partition coefficient (Wildman–Crippen LogP) is 3.84. The number of rotatable bonds is 5. The number of amides is 1. The van der Waals surface area contributed by atoms with Gasteiger partial charge in [-0.1, -0.05) is 26.0 Å². The Morgan fingerprint density at radius 2 is 1.57 bits per heavy atom. The van der Waals surface area contributed by atoms with E-state index < -0.39 is 10.0 Å². The fourth-order valence-corrected chi connectivity index (χ4v) is 3.84. The average Bonchev–Trinajstić information content (AvgIpc) is 2.49. The summed E-state index contributed by atoms with van der Waals surface area (Å²) in [5, 5.41) is 2.75. The van der Waals surface area contributed by atoms with Crippen molar-refractivity contribution >= 4 is 43.2 Å². The van der Waals surface area contributed by atoms with E-state index in [1.807, 2.05) is 0 Å². The molecule has 0 aliphatic rings. The minimum Gasteiger partial charge on any atom is -0.326 e. The molecule has 0 unspecified atom stereocenters. The molecule has 1 amide bonds. The van der Waals surface area contributed by atoms with Crippen LogP contribution in [0.25, 0.3) is 0 Å². The summed E-state index contributed by atoms with van der Waals surface area (Å²) in [6, 6.07) is 13.1. The van der Waals surface area contributed by atoms with Crippen LogP contribution in [0.1, 0.15) is 13.8 Å². The molecule has 5 nitrogen and oxygen atoms in total. The summed E-state index contributed by atoms with van der Waals surface area (Å²) in [5.41, 5.74) is 1.04. The van der Waals surface area contributed by atoms with Crippen LogP contribution in [-0.2, 0) is 14.8 Å². The van der Waals surface area contributed by atoms with Crippen molar-refractivity contribution in [3.05, 3.63) is 53.0 Å². The van der Waals surface area contributed by atoms with Crippen molar-refractivity contribution in [2.75, 3.05) is 10.0 Å². The van der Waals surface area contributed by atoms with Crippen molar-refractivity contribution < 1.29 is 13.2 Å². The summed E-state index contributed by atoms with van der Waals surface area (Å²) in [6.45, 7) is 3.60. The Morgan fingerprint density at radius 1 is 1.00 bits per heavy atom. The Kier molecular flexibility index (Phi) is 5.43. The average molecular weight is 397 g/mol. The molecule has 7 heteroatoms. The summed E-state index contributed by atoms with van der Waals surface area (Å²) in [6.07, 6.45) is 0. The lowest BCUT2D eigenvalue weighted by molar-refractivity contribution is -0.118. The molecule has 122 valence electrons. The van der Waals surface area contributed by atoms with Gasteiger partial charge < -0.3 is 5.32 Å². The van der Waals surface area contributed by atoms with E-state index >= 15 is 0 Å². The maximum atomic E-state index is 12.4. The van der Waals surface area contributed by atoms with Gasteiger partial charge in [-0.3, -0.25) is 9.52 Å². The van der Waals surface area contributed by atoms with Gasteiger partial charge in [-0.25, -0.2) is 8.42 Å². The van der Waals surface area contributed by atoms with Crippen LogP contribution >= 0.6 is 15.9 Å². The Hall–Kier alpha value is -1.86. The van der Waals surface area contributed by atoms with Crippen molar-refractivity contribution in [2.45, 2.75) is 18.7 Å². The van der Waals surface area contributed by atoms with E-state index in [1.165, 1.54) is 6.07 Å². The number of anilines is 2. The number of nitrogens with one attached hydrogen (secondary N) is 2. The first-order valence-electron chi connectivity index (χ1n) is 6.98. The number of carbonyl (C=O) groups is 1. The lowest BCUT2D eigenvalue weighted by Crippen LogP contribution is -2.17. The number of sulfonamides is 1. The number of hydrogen-bond acceptors (Lipinski definition) is 3. The Morgan fingerprint density at radius 3 is 2.13 bits per heavy atom. The molecule has 2 N–H and O–H groups in total. The molecule has 2 aromatic rings. The second kappa shape index (κ2) is 7.14. The van der Waals surface area contributed by atoms with Gasteiger partial charge in [-0.05, 0) is 52.3 Å². The minimum atomic E-state index is -3.68. The highest BCUT2D eigenvalue weighted by Crippen LogP contribution is 2.24. The zero-order valence-corrected chi connectivity index (χ0v) is 15.1. The Balaban J connectivity index is 2.15. The maximum absolute atomic E-state index is 12.4. The molecule has 0 bridgehead atoms. The monoisotopic (exact) mass is 396 g/mol. The molecule has 0 spiro atoms. The largest absolute Gasteiger partial charge is 0.326 e. The van der Waals surface area contributed by atoms with Gasteiger partial charge in [0.25, 0.3) is 10.0 Å². The van der Waals surface area contributed by atoms with Crippen molar-refractivity contribution in [3.8, 4) is 0 Å². The fraction of sp³-hybridized carbons (Fsp3) is 0.188. The molecule has 2 rings (SSSR count). The first-order valence-corrected chi connectivity index (χ1v) is 9.25.